The maximum absolute atomic E-state index is 13.3. The van der Waals surface area contributed by atoms with Crippen molar-refractivity contribution in [2.75, 3.05) is 26.0 Å². The van der Waals surface area contributed by atoms with Crippen LogP contribution in [-0.4, -0.2) is 53.6 Å². The predicted octanol–water partition coefficient (Wildman–Crippen LogP) is 4.03. The number of fused-ring (bicyclic) bond motifs is 3. The number of hydrogen-bond acceptors (Lipinski definition) is 8. The van der Waals surface area contributed by atoms with Gasteiger partial charge in [0.1, 0.15) is 5.75 Å². The molecule has 0 fully saturated rings. The van der Waals surface area contributed by atoms with E-state index in [4.69, 9.17) is 14.5 Å². The highest BCUT2D eigenvalue weighted by atomic mass is 32.1. The molecule has 34 heavy (non-hydrogen) atoms. The Morgan fingerprint density at radius 1 is 1.15 bits per heavy atom. The van der Waals surface area contributed by atoms with Gasteiger partial charge in [0.05, 0.1) is 28.4 Å². The third-order valence-electron chi connectivity index (χ3n) is 5.92. The standard InChI is InChI=1S/C25H24N4O4S/c1-14(23(30)28-25-27-20-9-8-15(32-3)12-21(20)34-25)33-24(31)22-16-6-4-5-7-18(16)26-19-10-11-29(2)13-17(19)22/h4-9,12,14H,10-11,13H2,1-3H3,(H,27,28,30). The maximum Gasteiger partial charge on any atom is 0.339 e. The van der Waals surface area contributed by atoms with Crippen molar-refractivity contribution in [3.05, 3.63) is 59.3 Å². The van der Waals surface area contributed by atoms with E-state index < -0.39 is 18.0 Å². The molecular formula is C25H24N4O4S. The number of methoxy groups -OCH3 is 1. The lowest BCUT2D eigenvalue weighted by Crippen LogP contribution is -2.32. The number of pyridine rings is 1. The zero-order chi connectivity index (χ0) is 23.8. The van der Waals surface area contributed by atoms with Gasteiger partial charge in [-0.2, -0.15) is 0 Å². The number of aromatic nitrogens is 2. The first-order valence-corrected chi connectivity index (χ1v) is 11.8. The Balaban J connectivity index is 1.38. The summed E-state index contributed by atoms with van der Waals surface area (Å²) in [6.45, 7) is 3.04. The molecule has 9 heteroatoms. The molecule has 0 bridgehead atoms. The number of nitrogens with zero attached hydrogens (tertiary/aromatic N) is 3. The number of benzene rings is 2. The number of para-hydroxylation sites is 1. The number of likely N-dealkylation sites (N-methyl/N-ethyl adjacent to an activating group) is 1. The molecule has 1 aliphatic heterocycles. The van der Waals surface area contributed by atoms with Crippen molar-refractivity contribution in [2.45, 2.75) is 26.0 Å². The Bertz CT molecular complexity index is 1420. The van der Waals surface area contributed by atoms with E-state index in [1.807, 2.05) is 49.5 Å². The Hall–Kier alpha value is -3.56. The van der Waals surface area contributed by atoms with Crippen LogP contribution in [0.1, 0.15) is 28.5 Å². The van der Waals surface area contributed by atoms with Crippen molar-refractivity contribution in [1.29, 1.82) is 0 Å². The van der Waals surface area contributed by atoms with Gasteiger partial charge >= 0.3 is 5.97 Å². The fourth-order valence-electron chi connectivity index (χ4n) is 4.12. The van der Waals surface area contributed by atoms with Gasteiger partial charge in [-0.05, 0) is 38.2 Å². The molecule has 1 unspecified atom stereocenters. The summed E-state index contributed by atoms with van der Waals surface area (Å²) < 4.78 is 11.8. The van der Waals surface area contributed by atoms with E-state index in [9.17, 15) is 9.59 Å². The van der Waals surface area contributed by atoms with Crippen LogP contribution >= 0.6 is 11.3 Å². The van der Waals surface area contributed by atoms with E-state index in [0.29, 0.717) is 17.2 Å². The van der Waals surface area contributed by atoms with Gasteiger partial charge in [0.25, 0.3) is 5.91 Å². The molecule has 0 radical (unpaired) electrons. The minimum atomic E-state index is -1.00. The third-order valence-corrected chi connectivity index (χ3v) is 6.85. The third kappa shape index (κ3) is 4.20. The molecule has 0 saturated carbocycles. The van der Waals surface area contributed by atoms with Gasteiger partial charge in [-0.15, -0.1) is 0 Å². The highest BCUT2D eigenvalue weighted by Gasteiger charge is 2.28. The van der Waals surface area contributed by atoms with Crippen LogP contribution in [0.2, 0.25) is 0 Å². The molecule has 8 nitrogen and oxygen atoms in total. The molecule has 4 aromatic rings. The number of amides is 1. The van der Waals surface area contributed by atoms with E-state index in [1.165, 1.54) is 11.3 Å². The van der Waals surface area contributed by atoms with Gasteiger partial charge in [0.15, 0.2) is 11.2 Å². The monoisotopic (exact) mass is 476 g/mol. The summed E-state index contributed by atoms with van der Waals surface area (Å²) in [6, 6.07) is 13.0. The fraction of sp³-hybridized carbons (Fsp3) is 0.280. The minimum absolute atomic E-state index is 0.435. The summed E-state index contributed by atoms with van der Waals surface area (Å²) in [5.74, 6) is -0.250. The van der Waals surface area contributed by atoms with Gasteiger partial charge in [-0.3, -0.25) is 15.1 Å². The molecule has 0 aliphatic carbocycles. The second-order valence-electron chi connectivity index (χ2n) is 8.31. The van der Waals surface area contributed by atoms with Gasteiger partial charge in [-0.25, -0.2) is 9.78 Å². The second kappa shape index (κ2) is 9.00. The van der Waals surface area contributed by atoms with Crippen LogP contribution in [0.4, 0.5) is 5.13 Å². The summed E-state index contributed by atoms with van der Waals surface area (Å²) in [6.07, 6.45) is -0.243. The molecule has 1 N–H and O–H groups in total. The lowest BCUT2D eigenvalue weighted by molar-refractivity contribution is -0.123. The molecule has 0 spiro atoms. The molecule has 3 heterocycles. The number of ether oxygens (including phenoxy) is 2. The Labute approximate surface area is 200 Å². The lowest BCUT2D eigenvalue weighted by atomic mass is 9.96. The topological polar surface area (TPSA) is 93.7 Å². The van der Waals surface area contributed by atoms with E-state index >= 15 is 0 Å². The van der Waals surface area contributed by atoms with Crippen molar-refractivity contribution in [2.24, 2.45) is 0 Å². The molecule has 5 rings (SSSR count). The van der Waals surface area contributed by atoms with E-state index in [1.54, 1.807) is 14.0 Å². The zero-order valence-electron chi connectivity index (χ0n) is 19.1. The lowest BCUT2D eigenvalue weighted by Gasteiger charge is -2.27. The van der Waals surface area contributed by atoms with Gasteiger partial charge in [-0.1, -0.05) is 29.5 Å². The summed E-state index contributed by atoms with van der Waals surface area (Å²) in [5.41, 5.74) is 3.76. The van der Waals surface area contributed by atoms with Crippen molar-refractivity contribution < 1.29 is 19.1 Å². The van der Waals surface area contributed by atoms with Crippen LogP contribution < -0.4 is 10.1 Å². The highest BCUT2D eigenvalue weighted by molar-refractivity contribution is 7.22. The second-order valence-corrected chi connectivity index (χ2v) is 9.34. The van der Waals surface area contributed by atoms with E-state index in [2.05, 4.69) is 15.2 Å². The summed E-state index contributed by atoms with van der Waals surface area (Å²) in [4.78, 5) is 37.5. The molecule has 2 aromatic heterocycles. The minimum Gasteiger partial charge on any atom is -0.497 e. The SMILES string of the molecule is COc1ccc2nc(NC(=O)C(C)OC(=O)c3c4c(nc5ccccc35)CCN(C)C4)sc2c1. The van der Waals surface area contributed by atoms with E-state index in [0.717, 1.165) is 51.1 Å². The Morgan fingerprint density at radius 2 is 1.97 bits per heavy atom. The molecule has 1 aliphatic rings. The van der Waals surface area contributed by atoms with Gasteiger partial charge in [0, 0.05) is 36.2 Å². The first kappa shape index (κ1) is 22.2. The first-order valence-electron chi connectivity index (χ1n) is 11.0. The fourth-order valence-corrected chi connectivity index (χ4v) is 5.02. The number of carbonyl (C=O) groups excluding carboxylic acids is 2. The Kier molecular flexibility index (Phi) is 5.89. The quantitative estimate of drug-likeness (QED) is 0.435. The number of hydrogen-bond donors (Lipinski definition) is 1. The normalized spacial score (nSPS) is 14.6. The van der Waals surface area contributed by atoms with Crippen LogP contribution in [-0.2, 0) is 22.5 Å². The molecule has 1 atom stereocenters. The maximum atomic E-state index is 13.3. The highest BCUT2D eigenvalue weighted by Crippen LogP contribution is 2.30. The van der Waals surface area contributed by atoms with Crippen LogP contribution in [0.25, 0.3) is 21.1 Å². The van der Waals surface area contributed by atoms with Crippen molar-refractivity contribution in [1.82, 2.24) is 14.9 Å². The van der Waals surface area contributed by atoms with Gasteiger partial charge in [0.2, 0.25) is 0 Å². The Morgan fingerprint density at radius 3 is 2.79 bits per heavy atom. The number of anilines is 1. The number of carbonyl (C=O) groups is 2. The van der Waals surface area contributed by atoms with Crippen molar-refractivity contribution in [3.8, 4) is 5.75 Å². The number of rotatable bonds is 5. The number of nitrogens with one attached hydrogen (secondary N) is 1. The summed E-state index contributed by atoms with van der Waals surface area (Å²) in [7, 11) is 3.61. The molecule has 0 saturated heterocycles. The largest absolute Gasteiger partial charge is 0.497 e. The first-order chi connectivity index (χ1) is 16.4. The average molecular weight is 477 g/mol. The number of esters is 1. The van der Waals surface area contributed by atoms with Gasteiger partial charge < -0.3 is 14.4 Å². The molecule has 2 aromatic carbocycles. The van der Waals surface area contributed by atoms with E-state index in [-0.39, 0.29) is 0 Å². The smallest absolute Gasteiger partial charge is 0.339 e. The predicted molar refractivity (Wildman–Crippen MR) is 131 cm³/mol. The molecule has 174 valence electrons. The summed E-state index contributed by atoms with van der Waals surface area (Å²) in [5, 5.41) is 3.93. The van der Waals surface area contributed by atoms with Crippen molar-refractivity contribution in [3.63, 3.8) is 0 Å². The zero-order valence-corrected chi connectivity index (χ0v) is 19.9. The van der Waals surface area contributed by atoms with Crippen LogP contribution in [0.15, 0.2) is 42.5 Å². The van der Waals surface area contributed by atoms with Crippen LogP contribution in [0.5, 0.6) is 5.75 Å². The average Bonchev–Trinajstić information content (AvgIpc) is 3.23. The summed E-state index contributed by atoms with van der Waals surface area (Å²) >= 11 is 1.33. The molecule has 1 amide bonds. The van der Waals surface area contributed by atoms with Crippen molar-refractivity contribution >= 4 is 49.5 Å². The van der Waals surface area contributed by atoms with Crippen LogP contribution in [0.3, 0.4) is 0 Å². The molecular weight excluding hydrogens is 452 g/mol. The number of thiazole rings is 1. The van der Waals surface area contributed by atoms with Crippen LogP contribution in [0, 0.1) is 0 Å².